The van der Waals surface area contributed by atoms with Gasteiger partial charge >= 0.3 is 0 Å². The van der Waals surface area contributed by atoms with E-state index >= 15 is 0 Å². The average Bonchev–Trinajstić information content (AvgIpc) is 2.66. The molecule has 0 aliphatic carbocycles. The smallest absolute Gasteiger partial charge is 0.273 e. The van der Waals surface area contributed by atoms with Crippen molar-refractivity contribution in [3.8, 4) is 0 Å². The maximum absolute atomic E-state index is 13.0. The first-order chi connectivity index (χ1) is 12.9. The Labute approximate surface area is 158 Å². The first kappa shape index (κ1) is 20.1. The molecule has 7 nitrogen and oxygen atoms in total. The zero-order valence-electron chi connectivity index (χ0n) is 15.4. The molecule has 0 bridgehead atoms. The van der Waals surface area contributed by atoms with Gasteiger partial charge in [-0.2, -0.15) is 0 Å². The minimum Gasteiger partial charge on any atom is -0.355 e. The van der Waals surface area contributed by atoms with Gasteiger partial charge in [0.2, 0.25) is 11.8 Å². The van der Waals surface area contributed by atoms with Crippen LogP contribution in [0.2, 0.25) is 0 Å². The molecule has 0 spiro atoms. The summed E-state index contributed by atoms with van der Waals surface area (Å²) in [6.07, 6.45) is -0.145. The van der Waals surface area contributed by atoms with Crippen molar-refractivity contribution in [2.75, 3.05) is 6.54 Å². The van der Waals surface area contributed by atoms with Gasteiger partial charge in [0.1, 0.15) is 6.04 Å². The lowest BCUT2D eigenvalue weighted by molar-refractivity contribution is -0.385. The van der Waals surface area contributed by atoms with Crippen molar-refractivity contribution in [1.82, 2.24) is 10.2 Å². The Morgan fingerprint density at radius 1 is 1.11 bits per heavy atom. The molecule has 0 saturated carbocycles. The van der Waals surface area contributed by atoms with E-state index in [0.29, 0.717) is 12.1 Å². The van der Waals surface area contributed by atoms with Crippen molar-refractivity contribution in [1.29, 1.82) is 0 Å². The minimum atomic E-state index is -0.694. The van der Waals surface area contributed by atoms with Gasteiger partial charge in [-0.15, -0.1) is 0 Å². The number of rotatable bonds is 8. The maximum atomic E-state index is 13.0. The predicted octanol–water partition coefficient (Wildman–Crippen LogP) is 2.69. The van der Waals surface area contributed by atoms with Gasteiger partial charge in [0.05, 0.1) is 11.3 Å². The van der Waals surface area contributed by atoms with Gasteiger partial charge < -0.3 is 10.2 Å². The largest absolute Gasteiger partial charge is 0.355 e. The number of amides is 2. The molecule has 1 unspecified atom stereocenters. The monoisotopic (exact) mass is 369 g/mol. The number of nitrogens with zero attached hydrogens (tertiary/aromatic N) is 2. The van der Waals surface area contributed by atoms with Crippen LogP contribution in [0, 0.1) is 10.1 Å². The van der Waals surface area contributed by atoms with E-state index < -0.39 is 11.0 Å². The SMILES string of the molecule is CCNC(=O)C(C)N(Cc1ccccc1)C(=O)Cc1ccccc1[N+](=O)[O-]. The second kappa shape index (κ2) is 9.47. The third kappa shape index (κ3) is 5.37. The van der Waals surface area contributed by atoms with Gasteiger partial charge in [0.25, 0.3) is 5.69 Å². The zero-order valence-corrected chi connectivity index (χ0v) is 15.4. The highest BCUT2D eigenvalue weighted by Gasteiger charge is 2.27. The van der Waals surface area contributed by atoms with E-state index in [2.05, 4.69) is 5.32 Å². The molecular weight excluding hydrogens is 346 g/mol. The van der Waals surface area contributed by atoms with Gasteiger partial charge in [-0.3, -0.25) is 19.7 Å². The summed E-state index contributed by atoms with van der Waals surface area (Å²) >= 11 is 0. The van der Waals surface area contributed by atoms with E-state index in [4.69, 9.17) is 0 Å². The van der Waals surface area contributed by atoms with Crippen LogP contribution in [-0.4, -0.2) is 34.2 Å². The van der Waals surface area contributed by atoms with Crippen molar-refractivity contribution in [3.63, 3.8) is 0 Å². The molecule has 0 fully saturated rings. The lowest BCUT2D eigenvalue weighted by Crippen LogP contribution is -2.48. The number of nitrogens with one attached hydrogen (secondary N) is 1. The number of carbonyl (C=O) groups is 2. The Morgan fingerprint density at radius 2 is 1.74 bits per heavy atom. The summed E-state index contributed by atoms with van der Waals surface area (Å²) in [5.74, 6) is -0.601. The van der Waals surface area contributed by atoms with Crippen LogP contribution in [0.25, 0.3) is 0 Å². The van der Waals surface area contributed by atoms with Gasteiger partial charge in [0, 0.05) is 24.7 Å². The molecule has 2 aromatic rings. The molecule has 1 N–H and O–H groups in total. The summed E-state index contributed by atoms with van der Waals surface area (Å²) in [5.41, 5.74) is 1.11. The number of nitro groups is 1. The fourth-order valence-electron chi connectivity index (χ4n) is 2.79. The van der Waals surface area contributed by atoms with Crippen LogP contribution >= 0.6 is 0 Å². The lowest BCUT2D eigenvalue weighted by Gasteiger charge is -2.28. The molecule has 2 aromatic carbocycles. The van der Waals surface area contributed by atoms with Gasteiger partial charge in [-0.25, -0.2) is 0 Å². The molecule has 0 aliphatic heterocycles. The van der Waals surface area contributed by atoms with Crippen molar-refractivity contribution < 1.29 is 14.5 Å². The molecule has 2 rings (SSSR count). The Hall–Kier alpha value is -3.22. The summed E-state index contributed by atoms with van der Waals surface area (Å²) in [7, 11) is 0. The van der Waals surface area contributed by atoms with Crippen LogP contribution in [0.15, 0.2) is 54.6 Å². The second-order valence-corrected chi connectivity index (χ2v) is 6.14. The molecule has 0 aromatic heterocycles. The number of hydrogen-bond acceptors (Lipinski definition) is 4. The summed E-state index contributed by atoms with van der Waals surface area (Å²) in [6.45, 7) is 4.17. The number of para-hydroxylation sites is 1. The van der Waals surface area contributed by atoms with Crippen LogP contribution in [0.4, 0.5) is 5.69 Å². The summed E-state index contributed by atoms with van der Waals surface area (Å²) in [4.78, 5) is 37.4. The number of carbonyl (C=O) groups excluding carboxylic acids is 2. The van der Waals surface area contributed by atoms with Crippen LogP contribution < -0.4 is 5.32 Å². The van der Waals surface area contributed by atoms with E-state index in [1.54, 1.807) is 32.0 Å². The van der Waals surface area contributed by atoms with Crippen LogP contribution in [0.3, 0.4) is 0 Å². The topological polar surface area (TPSA) is 92.6 Å². The molecule has 0 radical (unpaired) electrons. The Bertz CT molecular complexity index is 808. The molecular formula is C20H23N3O4. The van der Waals surface area contributed by atoms with Gasteiger partial charge in [0.15, 0.2) is 0 Å². The highest BCUT2D eigenvalue weighted by atomic mass is 16.6. The van der Waals surface area contributed by atoms with E-state index in [1.165, 1.54) is 11.0 Å². The Kier molecular flexibility index (Phi) is 7.05. The van der Waals surface area contributed by atoms with Crippen molar-refractivity contribution in [3.05, 3.63) is 75.8 Å². The molecule has 2 amide bonds. The summed E-state index contributed by atoms with van der Waals surface area (Å²) in [5, 5.41) is 13.9. The molecule has 0 heterocycles. The van der Waals surface area contributed by atoms with E-state index in [0.717, 1.165) is 5.56 Å². The fraction of sp³-hybridized carbons (Fsp3) is 0.300. The number of benzene rings is 2. The highest BCUT2D eigenvalue weighted by molar-refractivity contribution is 5.88. The average molecular weight is 369 g/mol. The van der Waals surface area contributed by atoms with E-state index in [9.17, 15) is 19.7 Å². The third-order valence-corrected chi connectivity index (χ3v) is 4.24. The highest BCUT2D eigenvalue weighted by Crippen LogP contribution is 2.20. The van der Waals surface area contributed by atoms with E-state index in [-0.39, 0.29) is 30.5 Å². The van der Waals surface area contributed by atoms with Gasteiger partial charge in [-0.05, 0) is 19.4 Å². The summed E-state index contributed by atoms with van der Waals surface area (Å²) < 4.78 is 0. The van der Waals surface area contributed by atoms with Gasteiger partial charge in [-0.1, -0.05) is 48.5 Å². The lowest BCUT2D eigenvalue weighted by atomic mass is 10.1. The van der Waals surface area contributed by atoms with Crippen LogP contribution in [0.5, 0.6) is 0 Å². The molecule has 7 heteroatoms. The molecule has 1 atom stereocenters. The summed E-state index contributed by atoms with van der Waals surface area (Å²) in [6, 6.07) is 14.8. The zero-order chi connectivity index (χ0) is 19.8. The number of hydrogen-bond donors (Lipinski definition) is 1. The predicted molar refractivity (Wildman–Crippen MR) is 102 cm³/mol. The van der Waals surface area contributed by atoms with Crippen molar-refractivity contribution in [2.24, 2.45) is 0 Å². The quantitative estimate of drug-likeness (QED) is 0.572. The molecule has 0 aliphatic rings. The minimum absolute atomic E-state index is 0.101. The molecule has 0 saturated heterocycles. The maximum Gasteiger partial charge on any atom is 0.273 e. The second-order valence-electron chi connectivity index (χ2n) is 6.14. The van der Waals surface area contributed by atoms with Crippen LogP contribution in [-0.2, 0) is 22.6 Å². The standard InChI is InChI=1S/C20H23N3O4/c1-3-21-20(25)15(2)22(14-16-9-5-4-6-10-16)19(24)13-17-11-7-8-12-18(17)23(26)27/h4-12,15H,3,13-14H2,1-2H3,(H,21,25). The Morgan fingerprint density at radius 3 is 2.37 bits per heavy atom. The normalized spacial score (nSPS) is 11.5. The van der Waals surface area contributed by atoms with Crippen molar-refractivity contribution in [2.45, 2.75) is 32.9 Å². The number of likely N-dealkylation sites (N-methyl/N-ethyl adjacent to an activating group) is 1. The molecule has 142 valence electrons. The van der Waals surface area contributed by atoms with Crippen LogP contribution in [0.1, 0.15) is 25.0 Å². The third-order valence-electron chi connectivity index (χ3n) is 4.24. The fourth-order valence-corrected chi connectivity index (χ4v) is 2.79. The first-order valence-corrected chi connectivity index (χ1v) is 8.77. The van der Waals surface area contributed by atoms with E-state index in [1.807, 2.05) is 30.3 Å². The Balaban J connectivity index is 2.27. The van der Waals surface area contributed by atoms with Crippen molar-refractivity contribution >= 4 is 17.5 Å². The number of nitro benzene ring substituents is 1. The first-order valence-electron chi connectivity index (χ1n) is 8.77. The molecule has 27 heavy (non-hydrogen) atoms.